The lowest BCUT2D eigenvalue weighted by atomic mass is 10.2. The maximum atomic E-state index is 13.1. The number of benzene rings is 2. The molecule has 0 aliphatic carbocycles. The highest BCUT2D eigenvalue weighted by Gasteiger charge is 2.17. The van der Waals surface area contributed by atoms with Crippen LogP contribution in [0, 0.1) is 5.82 Å². The van der Waals surface area contributed by atoms with E-state index in [2.05, 4.69) is 15.5 Å². The van der Waals surface area contributed by atoms with Crippen LogP contribution in [0.3, 0.4) is 0 Å². The number of carbonyl (C=O) groups excluding carboxylic acids is 2. The Morgan fingerprint density at radius 2 is 1.87 bits per heavy atom. The molecular weight excluding hydrogens is 429 g/mol. The highest BCUT2D eigenvalue weighted by molar-refractivity contribution is 7.99. The van der Waals surface area contributed by atoms with Crippen molar-refractivity contribution in [3.8, 4) is 11.4 Å². The maximum Gasteiger partial charge on any atom is 0.244 e. The zero-order chi connectivity index (χ0) is 21.7. The maximum absolute atomic E-state index is 13.1. The summed E-state index contributed by atoms with van der Waals surface area (Å²) in [4.78, 5) is 25.9. The molecule has 3 rings (SSSR count). The summed E-state index contributed by atoms with van der Waals surface area (Å²) in [7, 11) is 3.32. The molecular formula is C20H19ClFN5O2S. The van der Waals surface area contributed by atoms with Crippen molar-refractivity contribution in [2.24, 2.45) is 7.05 Å². The fourth-order valence-corrected chi connectivity index (χ4v) is 3.62. The van der Waals surface area contributed by atoms with Crippen molar-refractivity contribution < 1.29 is 14.0 Å². The number of carbonyl (C=O) groups is 2. The van der Waals surface area contributed by atoms with Crippen LogP contribution in [0.1, 0.15) is 0 Å². The van der Waals surface area contributed by atoms with Crippen LogP contribution >= 0.6 is 23.4 Å². The first kappa shape index (κ1) is 21.8. The number of thioether (sulfide) groups is 1. The molecule has 0 unspecified atom stereocenters. The fraction of sp³-hybridized carbons (Fsp3) is 0.200. The van der Waals surface area contributed by atoms with Gasteiger partial charge in [-0.3, -0.25) is 9.59 Å². The molecule has 0 fully saturated rings. The van der Waals surface area contributed by atoms with E-state index in [4.69, 9.17) is 11.6 Å². The average molecular weight is 448 g/mol. The van der Waals surface area contributed by atoms with Gasteiger partial charge in [-0.1, -0.05) is 35.5 Å². The van der Waals surface area contributed by atoms with Crippen molar-refractivity contribution in [3.63, 3.8) is 0 Å². The summed E-state index contributed by atoms with van der Waals surface area (Å²) in [5.74, 6) is -0.257. The van der Waals surface area contributed by atoms with Crippen molar-refractivity contribution in [1.82, 2.24) is 19.7 Å². The molecule has 7 nitrogen and oxygen atoms in total. The van der Waals surface area contributed by atoms with Crippen LogP contribution in [0.25, 0.3) is 11.4 Å². The Hall–Kier alpha value is -2.91. The number of rotatable bonds is 7. The van der Waals surface area contributed by atoms with Gasteiger partial charge in [0.05, 0.1) is 23.0 Å². The van der Waals surface area contributed by atoms with Gasteiger partial charge in [-0.15, -0.1) is 10.2 Å². The summed E-state index contributed by atoms with van der Waals surface area (Å²) in [6.45, 7) is -0.107. The highest BCUT2D eigenvalue weighted by Crippen LogP contribution is 2.23. The zero-order valence-electron chi connectivity index (χ0n) is 16.3. The van der Waals surface area contributed by atoms with E-state index in [0.29, 0.717) is 21.7 Å². The Kier molecular flexibility index (Phi) is 7.07. The van der Waals surface area contributed by atoms with Crippen molar-refractivity contribution in [2.45, 2.75) is 5.16 Å². The van der Waals surface area contributed by atoms with E-state index in [9.17, 15) is 14.0 Å². The molecule has 0 bridgehead atoms. The number of hydrogen-bond acceptors (Lipinski definition) is 5. The molecule has 30 heavy (non-hydrogen) atoms. The minimum absolute atomic E-state index is 0.0886. The van der Waals surface area contributed by atoms with E-state index in [0.717, 1.165) is 5.56 Å². The molecule has 0 saturated carbocycles. The van der Waals surface area contributed by atoms with Crippen LogP contribution in [-0.4, -0.2) is 50.8 Å². The summed E-state index contributed by atoms with van der Waals surface area (Å²) in [5, 5.41) is 11.8. The Bertz CT molecular complexity index is 1060. The summed E-state index contributed by atoms with van der Waals surface area (Å²) in [6, 6.07) is 12.8. The van der Waals surface area contributed by atoms with Crippen molar-refractivity contribution in [2.75, 3.05) is 24.7 Å². The largest absolute Gasteiger partial charge is 0.336 e. The van der Waals surface area contributed by atoms with E-state index < -0.39 is 0 Å². The van der Waals surface area contributed by atoms with E-state index in [1.807, 2.05) is 0 Å². The molecule has 0 atom stereocenters. The third kappa shape index (κ3) is 5.37. The number of nitrogens with zero attached hydrogens (tertiary/aromatic N) is 4. The normalized spacial score (nSPS) is 10.7. The molecule has 1 aromatic heterocycles. The number of likely N-dealkylation sites (N-methyl/N-ethyl adjacent to an activating group) is 1. The first-order valence-electron chi connectivity index (χ1n) is 8.91. The van der Waals surface area contributed by atoms with Crippen LogP contribution in [0.2, 0.25) is 5.02 Å². The molecule has 1 heterocycles. The van der Waals surface area contributed by atoms with Crippen LogP contribution in [0.4, 0.5) is 10.1 Å². The Morgan fingerprint density at radius 1 is 1.17 bits per heavy atom. The van der Waals surface area contributed by atoms with Gasteiger partial charge in [-0.25, -0.2) is 4.39 Å². The van der Waals surface area contributed by atoms with E-state index in [1.165, 1.54) is 28.8 Å². The molecule has 0 radical (unpaired) electrons. The van der Waals surface area contributed by atoms with Crippen LogP contribution in [0.5, 0.6) is 0 Å². The van der Waals surface area contributed by atoms with Crippen LogP contribution < -0.4 is 5.32 Å². The quantitative estimate of drug-likeness (QED) is 0.561. The molecule has 0 saturated heterocycles. The van der Waals surface area contributed by atoms with Gasteiger partial charge in [0, 0.05) is 19.7 Å². The van der Waals surface area contributed by atoms with Gasteiger partial charge in [-0.2, -0.15) is 0 Å². The second kappa shape index (κ2) is 9.73. The molecule has 2 aromatic carbocycles. The number of anilines is 1. The highest BCUT2D eigenvalue weighted by atomic mass is 35.5. The number of halogens is 2. The Labute approximate surface area is 182 Å². The first-order chi connectivity index (χ1) is 14.3. The molecule has 0 aliphatic heterocycles. The minimum Gasteiger partial charge on any atom is -0.336 e. The number of hydrogen-bond donors (Lipinski definition) is 1. The molecule has 0 spiro atoms. The van der Waals surface area contributed by atoms with Gasteiger partial charge < -0.3 is 14.8 Å². The van der Waals surface area contributed by atoms with Crippen molar-refractivity contribution in [1.29, 1.82) is 0 Å². The third-order valence-electron chi connectivity index (χ3n) is 4.22. The lowest BCUT2D eigenvalue weighted by Gasteiger charge is -2.16. The van der Waals surface area contributed by atoms with Gasteiger partial charge in [-0.05, 0) is 36.4 Å². The smallest absolute Gasteiger partial charge is 0.244 e. The van der Waals surface area contributed by atoms with Crippen LogP contribution in [0.15, 0.2) is 53.7 Å². The predicted molar refractivity (Wildman–Crippen MR) is 115 cm³/mol. The van der Waals surface area contributed by atoms with Crippen LogP contribution in [-0.2, 0) is 16.6 Å². The molecule has 156 valence electrons. The topological polar surface area (TPSA) is 80.1 Å². The van der Waals surface area contributed by atoms with E-state index in [-0.39, 0.29) is 29.9 Å². The predicted octanol–water partition coefficient (Wildman–Crippen LogP) is 3.46. The average Bonchev–Trinajstić information content (AvgIpc) is 3.08. The number of amides is 2. The van der Waals surface area contributed by atoms with E-state index in [1.54, 1.807) is 55.1 Å². The van der Waals surface area contributed by atoms with Gasteiger partial charge >= 0.3 is 0 Å². The Balaban J connectivity index is 1.54. The van der Waals surface area contributed by atoms with Gasteiger partial charge in [0.2, 0.25) is 11.8 Å². The summed E-state index contributed by atoms with van der Waals surface area (Å²) < 4.78 is 14.8. The standard InChI is InChI=1S/C20H19ClFN5O2S/c1-26(11-17(28)23-16-6-4-3-5-15(16)21)18(29)12-30-20-25-24-19(27(20)2)13-7-9-14(22)10-8-13/h3-10H,11-12H2,1-2H3,(H,23,28). The van der Waals surface area contributed by atoms with Gasteiger partial charge in [0.25, 0.3) is 0 Å². The number of nitrogens with one attached hydrogen (secondary N) is 1. The fourth-order valence-electron chi connectivity index (χ4n) is 2.58. The van der Waals surface area contributed by atoms with Crippen molar-refractivity contribution >= 4 is 40.9 Å². The van der Waals surface area contributed by atoms with Gasteiger partial charge in [0.1, 0.15) is 5.82 Å². The van der Waals surface area contributed by atoms with Crippen molar-refractivity contribution in [3.05, 3.63) is 59.4 Å². The molecule has 2 amide bonds. The number of para-hydroxylation sites is 1. The minimum atomic E-state index is -0.346. The lowest BCUT2D eigenvalue weighted by molar-refractivity contribution is -0.131. The molecule has 1 N–H and O–H groups in total. The van der Waals surface area contributed by atoms with Gasteiger partial charge in [0.15, 0.2) is 11.0 Å². The zero-order valence-corrected chi connectivity index (χ0v) is 17.9. The molecule has 10 heteroatoms. The van der Waals surface area contributed by atoms with E-state index >= 15 is 0 Å². The summed E-state index contributed by atoms with van der Waals surface area (Å²) in [6.07, 6.45) is 0. The first-order valence-corrected chi connectivity index (χ1v) is 10.3. The third-order valence-corrected chi connectivity index (χ3v) is 5.55. The second-order valence-electron chi connectivity index (χ2n) is 6.44. The lowest BCUT2D eigenvalue weighted by Crippen LogP contribution is -2.36. The molecule has 3 aromatic rings. The monoisotopic (exact) mass is 447 g/mol. The SMILES string of the molecule is CN(CC(=O)Nc1ccccc1Cl)C(=O)CSc1nnc(-c2ccc(F)cc2)n1C. The Morgan fingerprint density at radius 3 is 2.57 bits per heavy atom. The second-order valence-corrected chi connectivity index (χ2v) is 7.79. The summed E-state index contributed by atoms with van der Waals surface area (Å²) >= 11 is 7.23. The molecule has 0 aliphatic rings. The summed E-state index contributed by atoms with van der Waals surface area (Å²) in [5.41, 5.74) is 1.21. The number of aromatic nitrogens is 3.